The lowest BCUT2D eigenvalue weighted by molar-refractivity contribution is -0.137. The topological polar surface area (TPSA) is 49.4 Å². The lowest BCUT2D eigenvalue weighted by Gasteiger charge is -2.43. The molecule has 1 saturated heterocycles. The highest BCUT2D eigenvalue weighted by molar-refractivity contribution is 8.04. The molecule has 164 valence electrons. The Morgan fingerprint density at radius 2 is 1.93 bits per heavy atom. The quantitative estimate of drug-likeness (QED) is 0.508. The average Bonchev–Trinajstić information content (AvgIpc) is 2.71. The van der Waals surface area contributed by atoms with Crippen molar-refractivity contribution in [2.24, 2.45) is 0 Å². The Labute approximate surface area is 179 Å². The highest BCUT2D eigenvalue weighted by atomic mass is 32.2. The zero-order valence-corrected chi connectivity index (χ0v) is 17.8. The van der Waals surface area contributed by atoms with Crippen LogP contribution < -0.4 is 5.32 Å². The normalized spacial score (nSPS) is 23.4. The van der Waals surface area contributed by atoms with Gasteiger partial charge < -0.3 is 10.2 Å². The first-order valence-corrected chi connectivity index (χ1v) is 11.3. The summed E-state index contributed by atoms with van der Waals surface area (Å²) >= 11 is 1.50. The molecule has 30 heavy (non-hydrogen) atoms. The van der Waals surface area contributed by atoms with Crippen LogP contribution in [-0.4, -0.2) is 41.1 Å². The van der Waals surface area contributed by atoms with Crippen molar-refractivity contribution >= 4 is 29.7 Å². The van der Waals surface area contributed by atoms with Gasteiger partial charge >= 0.3 is 6.18 Å². The summed E-state index contributed by atoms with van der Waals surface area (Å²) in [6, 6.07) is 4.81. The Morgan fingerprint density at radius 3 is 2.60 bits per heavy atom. The predicted octanol–water partition coefficient (Wildman–Crippen LogP) is 4.85. The smallest absolute Gasteiger partial charge is 0.355 e. The summed E-state index contributed by atoms with van der Waals surface area (Å²) in [5.41, 5.74) is -0.176. The number of thioether (sulfide) groups is 1. The van der Waals surface area contributed by atoms with E-state index >= 15 is 0 Å². The van der Waals surface area contributed by atoms with Crippen LogP contribution in [0.5, 0.6) is 0 Å². The summed E-state index contributed by atoms with van der Waals surface area (Å²) in [6.07, 6.45) is 3.05. The molecule has 0 radical (unpaired) electrons. The molecule has 2 amide bonds. The molecule has 2 aliphatic rings. The molecule has 1 aliphatic heterocycles. The van der Waals surface area contributed by atoms with Crippen molar-refractivity contribution in [2.75, 3.05) is 13.1 Å². The van der Waals surface area contributed by atoms with Crippen molar-refractivity contribution < 1.29 is 22.8 Å². The highest BCUT2D eigenvalue weighted by Crippen LogP contribution is 2.42. The molecule has 4 nitrogen and oxygen atoms in total. The number of nitrogens with zero attached hydrogens (tertiary/aromatic N) is 1. The summed E-state index contributed by atoms with van der Waals surface area (Å²) in [4.78, 5) is 27.7. The number of unbranched alkanes of at least 4 members (excludes halogenated alkanes) is 1. The third kappa shape index (κ3) is 5.59. The maximum Gasteiger partial charge on any atom is 0.416 e. The minimum atomic E-state index is -4.39. The van der Waals surface area contributed by atoms with Crippen molar-refractivity contribution in [3.63, 3.8) is 0 Å². The number of fused-ring (bicyclic) bond motifs is 1. The number of benzene rings is 1. The second-order valence-electron chi connectivity index (χ2n) is 7.77. The van der Waals surface area contributed by atoms with Crippen LogP contribution in [0, 0.1) is 0 Å². The number of carbonyl (C=O) groups is 2. The fourth-order valence-electron chi connectivity index (χ4n) is 3.90. The molecule has 1 aliphatic carbocycles. The molecule has 1 aromatic carbocycles. The van der Waals surface area contributed by atoms with Crippen LogP contribution in [0.15, 0.2) is 29.2 Å². The van der Waals surface area contributed by atoms with Crippen LogP contribution in [0.25, 0.3) is 6.08 Å². The van der Waals surface area contributed by atoms with E-state index in [9.17, 15) is 22.8 Å². The number of hydrogen-bond acceptors (Lipinski definition) is 3. The number of hydrogen-bond donors (Lipinski definition) is 1. The van der Waals surface area contributed by atoms with Crippen molar-refractivity contribution in [3.8, 4) is 0 Å². The van der Waals surface area contributed by atoms with Gasteiger partial charge in [0.15, 0.2) is 0 Å². The maximum atomic E-state index is 13.2. The Balaban J connectivity index is 1.78. The van der Waals surface area contributed by atoms with Crippen molar-refractivity contribution in [1.29, 1.82) is 0 Å². The van der Waals surface area contributed by atoms with Crippen molar-refractivity contribution in [3.05, 3.63) is 40.3 Å². The first-order valence-electron chi connectivity index (χ1n) is 10.4. The molecule has 1 aromatic rings. The minimum Gasteiger partial charge on any atom is -0.355 e. The molecule has 1 heterocycles. The molecular weight excluding hydrogens is 413 g/mol. The maximum absolute atomic E-state index is 13.2. The van der Waals surface area contributed by atoms with E-state index in [4.69, 9.17) is 0 Å². The Hall–Kier alpha value is -1.96. The van der Waals surface area contributed by atoms with Gasteiger partial charge in [-0.25, -0.2) is 0 Å². The van der Waals surface area contributed by atoms with Gasteiger partial charge in [-0.05, 0) is 43.0 Å². The number of carbonyl (C=O) groups excluding carboxylic acids is 2. The molecule has 0 bridgehead atoms. The molecular formula is C22H27F3N2O2S. The number of amides is 2. The van der Waals surface area contributed by atoms with Gasteiger partial charge in [0.2, 0.25) is 5.91 Å². The first-order chi connectivity index (χ1) is 14.3. The fourth-order valence-corrected chi connectivity index (χ4v) is 5.37. The zero-order valence-electron chi connectivity index (χ0n) is 17.0. The zero-order chi connectivity index (χ0) is 21.7. The lowest BCUT2D eigenvalue weighted by atomic mass is 9.93. The molecule has 2 atom stereocenters. The monoisotopic (exact) mass is 440 g/mol. The van der Waals surface area contributed by atoms with E-state index in [1.807, 2.05) is 6.92 Å². The highest BCUT2D eigenvalue weighted by Gasteiger charge is 2.41. The molecule has 3 rings (SSSR count). The third-order valence-corrected chi connectivity index (χ3v) is 6.92. The number of halogens is 3. The van der Waals surface area contributed by atoms with Crippen molar-refractivity contribution in [1.82, 2.24) is 10.2 Å². The largest absolute Gasteiger partial charge is 0.416 e. The van der Waals surface area contributed by atoms with Crippen LogP contribution in [-0.2, 0) is 15.8 Å². The van der Waals surface area contributed by atoms with Crippen LogP contribution in [0.2, 0.25) is 0 Å². The second kappa shape index (κ2) is 9.90. The summed E-state index contributed by atoms with van der Waals surface area (Å²) < 4.78 is 38.4. The summed E-state index contributed by atoms with van der Waals surface area (Å²) in [5.74, 6) is -0.379. The van der Waals surface area contributed by atoms with E-state index in [0.29, 0.717) is 17.0 Å². The predicted molar refractivity (Wildman–Crippen MR) is 113 cm³/mol. The fraction of sp³-hybridized carbons (Fsp3) is 0.545. The standard InChI is InChI=1S/C22H27F3N2O2S/c1-2-3-12-26-20(28)14-27-17-6-4-5-7-18(17)30-19(21(27)29)13-15-8-10-16(11-9-15)22(23,24)25/h8-11,13,17-18H,2-7,12,14H2,1H3,(H,26,28)/b19-13+. The van der Waals surface area contributed by atoms with Crippen LogP contribution in [0.4, 0.5) is 13.2 Å². The van der Waals surface area contributed by atoms with Gasteiger partial charge in [-0.2, -0.15) is 13.2 Å². The van der Waals surface area contributed by atoms with Gasteiger partial charge in [0, 0.05) is 17.8 Å². The second-order valence-corrected chi connectivity index (χ2v) is 9.05. The molecule has 8 heteroatoms. The summed E-state index contributed by atoms with van der Waals surface area (Å²) in [7, 11) is 0. The van der Waals surface area contributed by atoms with Gasteiger partial charge in [0.05, 0.1) is 10.5 Å². The van der Waals surface area contributed by atoms with Crippen molar-refractivity contribution in [2.45, 2.75) is 62.9 Å². The number of rotatable bonds is 6. The van der Waals surface area contributed by atoms with E-state index in [1.54, 1.807) is 11.0 Å². The Kier molecular flexibility index (Phi) is 7.50. The van der Waals surface area contributed by atoms with Crippen LogP contribution >= 0.6 is 11.8 Å². The third-order valence-electron chi connectivity index (χ3n) is 5.52. The first kappa shape index (κ1) is 22.7. The molecule has 2 unspecified atom stereocenters. The van der Waals surface area contributed by atoms with E-state index in [0.717, 1.165) is 50.7 Å². The number of nitrogens with one attached hydrogen (secondary N) is 1. The molecule has 0 aromatic heterocycles. The van der Waals surface area contributed by atoms with Crippen LogP contribution in [0.1, 0.15) is 56.6 Å². The summed E-state index contributed by atoms with van der Waals surface area (Å²) in [6.45, 7) is 2.66. The van der Waals surface area contributed by atoms with E-state index in [-0.39, 0.29) is 29.7 Å². The minimum absolute atomic E-state index is 0.0224. The van der Waals surface area contributed by atoms with Gasteiger partial charge in [-0.15, -0.1) is 11.8 Å². The van der Waals surface area contributed by atoms with Gasteiger partial charge in [-0.1, -0.05) is 38.3 Å². The Bertz CT molecular complexity index is 793. The lowest BCUT2D eigenvalue weighted by Crippen LogP contribution is -2.54. The van der Waals surface area contributed by atoms with E-state index < -0.39 is 11.7 Å². The van der Waals surface area contributed by atoms with Crippen LogP contribution in [0.3, 0.4) is 0 Å². The summed E-state index contributed by atoms with van der Waals surface area (Å²) in [5, 5.41) is 3.08. The molecule has 1 saturated carbocycles. The Morgan fingerprint density at radius 1 is 1.23 bits per heavy atom. The van der Waals surface area contributed by atoms with Gasteiger partial charge in [-0.3, -0.25) is 9.59 Å². The average molecular weight is 441 g/mol. The molecule has 0 spiro atoms. The van der Waals surface area contributed by atoms with Gasteiger partial charge in [0.1, 0.15) is 6.54 Å². The SMILES string of the molecule is CCCCNC(=O)CN1C(=O)/C(=C\c2ccc(C(F)(F)F)cc2)SC2CCCCC21. The number of alkyl halides is 3. The van der Waals surface area contributed by atoms with E-state index in [2.05, 4.69) is 5.32 Å². The van der Waals surface area contributed by atoms with Gasteiger partial charge in [0.25, 0.3) is 5.91 Å². The van der Waals surface area contributed by atoms with E-state index in [1.165, 1.54) is 23.9 Å². The molecule has 1 N–H and O–H groups in total. The molecule has 2 fully saturated rings.